The zero-order valence-corrected chi connectivity index (χ0v) is 9.45. The number of carboxylic acid groups (broad SMARTS) is 1. The quantitative estimate of drug-likeness (QED) is 0.466. The van der Waals surface area contributed by atoms with Crippen molar-refractivity contribution in [1.82, 2.24) is 0 Å². The van der Waals surface area contributed by atoms with E-state index in [-0.39, 0.29) is 0 Å². The van der Waals surface area contributed by atoms with Gasteiger partial charge in [0.05, 0.1) is 0 Å². The van der Waals surface area contributed by atoms with Crippen LogP contribution in [-0.2, 0) is 14.3 Å². The topological polar surface area (TPSA) is 96.2 Å². The molecule has 17 heavy (non-hydrogen) atoms. The van der Waals surface area contributed by atoms with Crippen molar-refractivity contribution in [3.63, 3.8) is 0 Å². The van der Waals surface area contributed by atoms with E-state index in [4.69, 9.17) is 14.6 Å². The highest BCUT2D eigenvalue weighted by atomic mass is 16.7. The van der Waals surface area contributed by atoms with E-state index >= 15 is 0 Å². The summed E-state index contributed by atoms with van der Waals surface area (Å²) in [6.07, 6.45) is 5.92. The Labute approximate surface area is 98.1 Å². The van der Waals surface area contributed by atoms with Gasteiger partial charge in [0.2, 0.25) is 11.6 Å². The monoisotopic (exact) mass is 242 g/mol. The Morgan fingerprint density at radius 1 is 1.29 bits per heavy atom. The molecule has 0 saturated heterocycles. The third-order valence-corrected chi connectivity index (χ3v) is 2.42. The van der Waals surface area contributed by atoms with E-state index in [0.717, 1.165) is 12.2 Å². The van der Waals surface area contributed by atoms with Gasteiger partial charge in [-0.2, -0.15) is 0 Å². The van der Waals surface area contributed by atoms with E-state index in [2.05, 4.69) is 0 Å². The lowest BCUT2D eigenvalue weighted by Gasteiger charge is -2.38. The van der Waals surface area contributed by atoms with Crippen LogP contribution in [0.3, 0.4) is 0 Å². The zero-order chi connectivity index (χ0) is 13.1. The van der Waals surface area contributed by atoms with Gasteiger partial charge in [-0.1, -0.05) is 6.08 Å². The van der Waals surface area contributed by atoms with Gasteiger partial charge in [0, 0.05) is 20.3 Å². The number of ether oxygens (including phenoxy) is 2. The molecule has 94 valence electrons. The number of hydrogen-bond donors (Lipinski definition) is 3. The molecule has 1 rings (SSSR count). The summed E-state index contributed by atoms with van der Waals surface area (Å²) in [5, 5.41) is 28.4. The molecule has 2 unspecified atom stereocenters. The Hall–Kier alpha value is -1.47. The third kappa shape index (κ3) is 2.62. The molecule has 0 aromatic heterocycles. The molecule has 0 radical (unpaired) electrons. The largest absolute Gasteiger partial charge is 0.478 e. The molecule has 0 saturated carbocycles. The highest BCUT2D eigenvalue weighted by Crippen LogP contribution is 2.32. The lowest BCUT2D eigenvalue weighted by molar-refractivity contribution is -0.327. The lowest BCUT2D eigenvalue weighted by atomic mass is 9.95. The van der Waals surface area contributed by atoms with Crippen LogP contribution in [0.1, 0.15) is 0 Å². The van der Waals surface area contributed by atoms with Crippen molar-refractivity contribution >= 4 is 5.97 Å². The molecular weight excluding hydrogens is 228 g/mol. The molecule has 0 aromatic rings. The summed E-state index contributed by atoms with van der Waals surface area (Å²) in [5.41, 5.74) is 0.374. The molecule has 0 fully saturated rings. The third-order valence-electron chi connectivity index (χ3n) is 2.42. The summed E-state index contributed by atoms with van der Waals surface area (Å²) in [6, 6.07) is 0. The van der Waals surface area contributed by atoms with Crippen molar-refractivity contribution in [2.75, 3.05) is 14.2 Å². The number of methoxy groups -OCH3 is 2. The Morgan fingerprint density at radius 3 is 2.35 bits per heavy atom. The van der Waals surface area contributed by atoms with Gasteiger partial charge in [0.25, 0.3) is 0 Å². The summed E-state index contributed by atoms with van der Waals surface area (Å²) < 4.78 is 9.56. The second-order valence-corrected chi connectivity index (χ2v) is 3.45. The van der Waals surface area contributed by atoms with Crippen molar-refractivity contribution in [1.29, 1.82) is 0 Å². The summed E-state index contributed by atoms with van der Waals surface area (Å²) in [6.45, 7) is 0. The molecule has 0 heterocycles. The van der Waals surface area contributed by atoms with Gasteiger partial charge in [0.15, 0.2) is 0 Å². The fourth-order valence-electron chi connectivity index (χ4n) is 1.40. The van der Waals surface area contributed by atoms with Crippen LogP contribution in [-0.4, -0.2) is 47.1 Å². The summed E-state index contributed by atoms with van der Waals surface area (Å²) in [7, 11) is 2.40. The van der Waals surface area contributed by atoms with Crippen LogP contribution < -0.4 is 0 Å². The van der Waals surface area contributed by atoms with Crippen molar-refractivity contribution in [3.05, 3.63) is 36.0 Å². The average molecular weight is 242 g/mol. The van der Waals surface area contributed by atoms with Crippen LogP contribution >= 0.6 is 0 Å². The first-order valence-corrected chi connectivity index (χ1v) is 4.75. The number of allylic oxidation sites excluding steroid dienone is 3. The smallest absolute Gasteiger partial charge is 0.328 e. The van der Waals surface area contributed by atoms with Gasteiger partial charge in [-0.3, -0.25) is 0 Å². The minimum Gasteiger partial charge on any atom is -0.478 e. The fraction of sp³-hybridized carbons (Fsp3) is 0.364. The molecule has 1 aliphatic rings. The number of aliphatic hydroxyl groups is 2. The number of carboxylic acids is 1. The summed E-state index contributed by atoms with van der Waals surface area (Å²) in [5.74, 6) is -5.20. The van der Waals surface area contributed by atoms with Gasteiger partial charge in [-0.15, -0.1) is 0 Å². The second kappa shape index (κ2) is 4.80. The average Bonchev–Trinajstić information content (AvgIpc) is 2.30. The Bertz CT molecular complexity index is 397. The Balaban J connectivity index is 3.06. The molecule has 0 aliphatic heterocycles. The SMILES string of the molecule is COC1(O)C=CC(C=CC(=O)O)=CC1(O)OC. The number of aliphatic carboxylic acids is 1. The van der Waals surface area contributed by atoms with E-state index in [0.29, 0.717) is 5.57 Å². The first kappa shape index (κ1) is 13.6. The van der Waals surface area contributed by atoms with Crippen molar-refractivity contribution in [2.24, 2.45) is 0 Å². The van der Waals surface area contributed by atoms with Crippen molar-refractivity contribution < 1.29 is 29.6 Å². The highest BCUT2D eigenvalue weighted by Gasteiger charge is 2.49. The minimum absolute atomic E-state index is 0.374. The van der Waals surface area contributed by atoms with Gasteiger partial charge in [0.1, 0.15) is 0 Å². The zero-order valence-electron chi connectivity index (χ0n) is 9.45. The molecule has 6 heteroatoms. The maximum atomic E-state index is 10.4. The van der Waals surface area contributed by atoms with Gasteiger partial charge < -0.3 is 24.8 Å². The predicted molar refractivity (Wildman–Crippen MR) is 57.9 cm³/mol. The van der Waals surface area contributed by atoms with Crippen LogP contribution in [0.4, 0.5) is 0 Å². The van der Waals surface area contributed by atoms with Crippen LogP contribution in [0.15, 0.2) is 36.0 Å². The maximum absolute atomic E-state index is 10.4. The van der Waals surface area contributed by atoms with E-state index in [1.165, 1.54) is 32.4 Å². The number of hydrogen-bond acceptors (Lipinski definition) is 5. The lowest BCUT2D eigenvalue weighted by Crippen LogP contribution is -2.55. The minimum atomic E-state index is -2.07. The van der Waals surface area contributed by atoms with Gasteiger partial charge >= 0.3 is 5.97 Å². The van der Waals surface area contributed by atoms with Gasteiger partial charge in [-0.05, 0) is 23.8 Å². The van der Waals surface area contributed by atoms with Crippen LogP contribution in [0.25, 0.3) is 0 Å². The molecule has 3 N–H and O–H groups in total. The van der Waals surface area contributed by atoms with E-state index in [1.54, 1.807) is 0 Å². The first-order valence-electron chi connectivity index (χ1n) is 4.75. The van der Waals surface area contributed by atoms with Crippen LogP contribution in [0.5, 0.6) is 0 Å². The molecule has 0 bridgehead atoms. The molecule has 2 atom stereocenters. The molecule has 0 amide bonds. The van der Waals surface area contributed by atoms with Crippen molar-refractivity contribution in [3.8, 4) is 0 Å². The Morgan fingerprint density at radius 2 is 1.88 bits per heavy atom. The van der Waals surface area contributed by atoms with Gasteiger partial charge in [-0.25, -0.2) is 4.79 Å². The molecule has 6 nitrogen and oxygen atoms in total. The highest BCUT2D eigenvalue weighted by molar-refractivity contribution is 5.80. The molecule has 1 aliphatic carbocycles. The second-order valence-electron chi connectivity index (χ2n) is 3.45. The summed E-state index contributed by atoms with van der Waals surface area (Å²) in [4.78, 5) is 10.4. The van der Waals surface area contributed by atoms with E-state index < -0.39 is 17.5 Å². The maximum Gasteiger partial charge on any atom is 0.328 e. The number of rotatable bonds is 4. The first-order chi connectivity index (χ1) is 7.87. The van der Waals surface area contributed by atoms with Crippen LogP contribution in [0.2, 0.25) is 0 Å². The molecule has 0 aromatic carbocycles. The standard InChI is InChI=1S/C11H14O6/c1-16-10(14)6-5-8(3-4-9(12)13)7-11(10,15)17-2/h3-7,14-15H,1-2H3,(H,12,13). The normalized spacial score (nSPS) is 32.8. The molecule has 0 spiro atoms. The fourth-order valence-corrected chi connectivity index (χ4v) is 1.40. The molecular formula is C11H14O6. The number of carbonyl (C=O) groups is 1. The Kier molecular flexibility index (Phi) is 3.84. The van der Waals surface area contributed by atoms with E-state index in [9.17, 15) is 15.0 Å². The van der Waals surface area contributed by atoms with E-state index in [1.807, 2.05) is 0 Å². The predicted octanol–water partition coefficient (Wildman–Crippen LogP) is -0.207. The van der Waals surface area contributed by atoms with Crippen LogP contribution in [0, 0.1) is 0 Å². The van der Waals surface area contributed by atoms with Crippen molar-refractivity contribution in [2.45, 2.75) is 11.6 Å². The summed E-state index contributed by atoms with van der Waals surface area (Å²) >= 11 is 0.